The zero-order valence-corrected chi connectivity index (χ0v) is 21.7. The summed E-state index contributed by atoms with van der Waals surface area (Å²) in [7, 11) is -3.44. The average Bonchev–Trinajstić information content (AvgIpc) is 3.25. The molecule has 2 aromatic rings. The number of amides is 1. The minimum Gasteiger partial charge on any atom is -0.353 e. The van der Waals surface area contributed by atoms with Crippen LogP contribution in [-0.4, -0.2) is 42.3 Å². The topological polar surface area (TPSA) is 71.4 Å². The summed E-state index contributed by atoms with van der Waals surface area (Å²) in [6.07, 6.45) is 13.5. The van der Waals surface area contributed by atoms with Gasteiger partial charge in [0.15, 0.2) is 0 Å². The quantitative estimate of drug-likeness (QED) is 0.590. The van der Waals surface area contributed by atoms with Crippen LogP contribution >= 0.6 is 0 Å². The van der Waals surface area contributed by atoms with E-state index in [-0.39, 0.29) is 11.9 Å². The molecular weight excluding hydrogens is 458 g/mol. The molecule has 1 saturated heterocycles. The lowest BCUT2D eigenvalue weighted by Crippen LogP contribution is -2.55. The summed E-state index contributed by atoms with van der Waals surface area (Å²) in [6.45, 7) is 4.05. The van der Waals surface area contributed by atoms with Crippen LogP contribution in [0.3, 0.4) is 0 Å². The highest BCUT2D eigenvalue weighted by Gasteiger charge is 2.53. The summed E-state index contributed by atoms with van der Waals surface area (Å²) in [6, 6.07) is 7.60. The predicted molar refractivity (Wildman–Crippen MR) is 137 cm³/mol. The molecule has 0 spiro atoms. The number of nitrogens with zero attached hydrogens (tertiary/aromatic N) is 2. The van der Waals surface area contributed by atoms with Gasteiger partial charge in [0, 0.05) is 49.2 Å². The van der Waals surface area contributed by atoms with Gasteiger partial charge >= 0.3 is 0 Å². The van der Waals surface area contributed by atoms with Crippen LogP contribution in [0.25, 0.3) is 10.9 Å². The van der Waals surface area contributed by atoms with Crippen molar-refractivity contribution in [1.82, 2.24) is 14.2 Å². The van der Waals surface area contributed by atoms with Gasteiger partial charge in [-0.15, -0.1) is 0 Å². The van der Waals surface area contributed by atoms with Gasteiger partial charge in [-0.05, 0) is 106 Å². The summed E-state index contributed by atoms with van der Waals surface area (Å²) in [5.41, 5.74) is 1.30. The van der Waals surface area contributed by atoms with E-state index in [1.165, 1.54) is 38.5 Å². The third-order valence-electron chi connectivity index (χ3n) is 9.66. The van der Waals surface area contributed by atoms with Gasteiger partial charge in [0.05, 0.1) is 4.90 Å². The molecule has 4 aliphatic carbocycles. The highest BCUT2D eigenvalue weighted by Crippen LogP contribution is 2.61. The van der Waals surface area contributed by atoms with Gasteiger partial charge in [-0.2, -0.15) is 4.31 Å². The first-order valence-corrected chi connectivity index (χ1v) is 15.1. The summed E-state index contributed by atoms with van der Waals surface area (Å²) < 4.78 is 29.8. The monoisotopic (exact) mass is 497 g/mol. The van der Waals surface area contributed by atoms with Gasteiger partial charge in [-0.1, -0.05) is 6.42 Å². The molecule has 5 aliphatic rings. The second-order valence-electron chi connectivity index (χ2n) is 12.0. The van der Waals surface area contributed by atoms with E-state index in [0.29, 0.717) is 36.4 Å². The number of sulfonamides is 1. The normalized spacial score (nSPS) is 31.6. The molecule has 190 valence electrons. The number of aromatic nitrogens is 1. The molecule has 5 fully saturated rings. The van der Waals surface area contributed by atoms with Crippen LogP contribution in [-0.2, 0) is 21.4 Å². The predicted octanol–water partition coefficient (Wildman–Crippen LogP) is 4.93. The van der Waals surface area contributed by atoms with Crippen LogP contribution in [0.15, 0.2) is 35.4 Å². The molecule has 4 saturated carbocycles. The lowest BCUT2D eigenvalue weighted by atomic mass is 9.48. The molecule has 6 nitrogen and oxygen atoms in total. The fourth-order valence-electron chi connectivity index (χ4n) is 8.18. The van der Waals surface area contributed by atoms with Crippen LogP contribution in [0.4, 0.5) is 0 Å². The Kier molecular flexibility index (Phi) is 5.99. The Morgan fingerprint density at radius 1 is 1.03 bits per heavy atom. The fourth-order valence-corrected chi connectivity index (χ4v) is 9.74. The minimum absolute atomic E-state index is 0.124. The molecule has 7 heteroatoms. The summed E-state index contributed by atoms with van der Waals surface area (Å²) in [5.74, 6) is 2.78. The number of benzene rings is 1. The van der Waals surface area contributed by atoms with Crippen LogP contribution in [0.1, 0.15) is 71.1 Å². The fraction of sp³-hybridized carbons (Fsp3) is 0.679. The Morgan fingerprint density at radius 3 is 2.34 bits per heavy atom. The number of nitrogens with one attached hydrogen (secondary N) is 1. The smallest absolute Gasteiger partial charge is 0.243 e. The van der Waals surface area contributed by atoms with E-state index < -0.39 is 10.0 Å². The second kappa shape index (κ2) is 8.91. The number of aryl methyl sites for hydroxylation is 1. The number of carbonyl (C=O) groups excluding carboxylic acids is 1. The molecular formula is C28H39N3O3S. The van der Waals surface area contributed by atoms with Crippen molar-refractivity contribution >= 4 is 26.8 Å². The van der Waals surface area contributed by atoms with Crippen molar-refractivity contribution in [2.45, 2.75) is 88.6 Å². The van der Waals surface area contributed by atoms with Crippen molar-refractivity contribution in [1.29, 1.82) is 0 Å². The van der Waals surface area contributed by atoms with E-state index >= 15 is 0 Å². The number of piperidine rings is 1. The lowest BCUT2D eigenvalue weighted by Gasteiger charge is -2.59. The average molecular weight is 498 g/mol. The third-order valence-corrected chi connectivity index (χ3v) is 11.6. The zero-order chi connectivity index (χ0) is 24.2. The molecule has 1 aromatic carbocycles. The number of hydrogen-bond acceptors (Lipinski definition) is 3. The molecule has 7 rings (SSSR count). The molecule has 1 unspecified atom stereocenters. The van der Waals surface area contributed by atoms with Crippen molar-refractivity contribution in [3.8, 4) is 0 Å². The summed E-state index contributed by atoms with van der Waals surface area (Å²) in [4.78, 5) is 13.3. The maximum atomic E-state index is 13.1. The van der Waals surface area contributed by atoms with Gasteiger partial charge in [-0.25, -0.2) is 8.42 Å². The van der Waals surface area contributed by atoms with Crippen molar-refractivity contribution in [2.75, 3.05) is 13.1 Å². The van der Waals surface area contributed by atoms with Crippen molar-refractivity contribution in [3.05, 3.63) is 30.5 Å². The Labute approximate surface area is 209 Å². The SMILES string of the molecule is CC(NC(=O)CCn1ccc2cc(S(=O)(=O)N3CCCCC3)ccc21)C12CC3CC(CC(C3)C1)C2. The second-order valence-corrected chi connectivity index (χ2v) is 14.0. The largest absolute Gasteiger partial charge is 0.353 e. The minimum atomic E-state index is -3.44. The lowest BCUT2D eigenvalue weighted by molar-refractivity contribution is -0.126. The Balaban J connectivity index is 1.09. The molecule has 1 atom stereocenters. The maximum Gasteiger partial charge on any atom is 0.243 e. The van der Waals surface area contributed by atoms with Gasteiger partial charge in [0.1, 0.15) is 0 Å². The number of fused-ring (bicyclic) bond motifs is 1. The molecule has 1 N–H and O–H groups in total. The molecule has 1 aliphatic heterocycles. The van der Waals surface area contributed by atoms with Crippen molar-refractivity contribution < 1.29 is 13.2 Å². The third kappa shape index (κ3) is 4.33. The highest BCUT2D eigenvalue weighted by molar-refractivity contribution is 7.89. The molecule has 4 bridgehead atoms. The van der Waals surface area contributed by atoms with Crippen LogP contribution in [0, 0.1) is 23.2 Å². The molecule has 0 radical (unpaired) electrons. The van der Waals surface area contributed by atoms with Gasteiger partial charge in [0.2, 0.25) is 15.9 Å². The van der Waals surface area contributed by atoms with E-state index in [4.69, 9.17) is 0 Å². The van der Waals surface area contributed by atoms with E-state index in [2.05, 4.69) is 16.8 Å². The molecule has 35 heavy (non-hydrogen) atoms. The highest BCUT2D eigenvalue weighted by atomic mass is 32.2. The number of hydrogen-bond donors (Lipinski definition) is 1. The molecule has 1 aromatic heterocycles. The van der Waals surface area contributed by atoms with Crippen LogP contribution in [0.5, 0.6) is 0 Å². The van der Waals surface area contributed by atoms with E-state index in [1.807, 2.05) is 18.3 Å². The van der Waals surface area contributed by atoms with E-state index in [1.54, 1.807) is 16.4 Å². The molecule has 2 heterocycles. The van der Waals surface area contributed by atoms with Crippen LogP contribution in [0.2, 0.25) is 0 Å². The summed E-state index contributed by atoms with van der Waals surface area (Å²) in [5, 5.41) is 4.28. The van der Waals surface area contributed by atoms with Crippen molar-refractivity contribution in [2.24, 2.45) is 23.2 Å². The number of carbonyl (C=O) groups is 1. The maximum absolute atomic E-state index is 13.1. The molecule has 1 amide bonds. The van der Waals surface area contributed by atoms with Crippen LogP contribution < -0.4 is 5.32 Å². The first-order chi connectivity index (χ1) is 16.8. The van der Waals surface area contributed by atoms with Gasteiger partial charge in [-0.3, -0.25) is 4.79 Å². The first kappa shape index (κ1) is 23.5. The van der Waals surface area contributed by atoms with E-state index in [0.717, 1.165) is 47.9 Å². The Hall–Kier alpha value is -1.86. The van der Waals surface area contributed by atoms with Crippen molar-refractivity contribution in [3.63, 3.8) is 0 Å². The summed E-state index contributed by atoms with van der Waals surface area (Å²) >= 11 is 0. The van der Waals surface area contributed by atoms with Gasteiger partial charge < -0.3 is 9.88 Å². The standard InChI is InChI=1S/C28H39N3O3S/c1-20(28-17-21-13-22(18-28)15-23(14-21)19-28)29-27(32)8-12-30-11-7-24-16-25(5-6-26(24)30)35(33,34)31-9-3-2-4-10-31/h5-7,11,16,20-23H,2-4,8-10,12-15,17-19H2,1H3,(H,29,32). The van der Waals surface area contributed by atoms with Gasteiger partial charge in [0.25, 0.3) is 0 Å². The first-order valence-electron chi connectivity index (χ1n) is 13.7. The van der Waals surface area contributed by atoms with E-state index in [9.17, 15) is 13.2 Å². The zero-order valence-electron chi connectivity index (χ0n) is 20.9. The number of rotatable bonds is 7. The Morgan fingerprint density at radius 2 is 1.69 bits per heavy atom. The Bertz CT molecular complexity index is 1180.